The largest absolute Gasteiger partial charge is 0.332 e. The number of hydrogen-bond acceptors (Lipinski definition) is 3. The van der Waals surface area contributed by atoms with E-state index in [0.29, 0.717) is 33.9 Å². The zero-order chi connectivity index (χ0) is 24.5. The van der Waals surface area contributed by atoms with Crippen molar-refractivity contribution in [2.75, 3.05) is 28.7 Å². The number of thiocarbonyl (C=S) groups is 1. The molecule has 1 heterocycles. The van der Waals surface area contributed by atoms with E-state index >= 15 is 0 Å². The molecule has 0 aliphatic carbocycles. The van der Waals surface area contributed by atoms with Gasteiger partial charge in [-0.3, -0.25) is 0 Å². The molecule has 0 aromatic heterocycles. The number of rotatable bonds is 5. The van der Waals surface area contributed by atoms with Crippen LogP contribution < -0.4 is 19.8 Å². The third-order valence-corrected chi connectivity index (χ3v) is 7.25. The highest BCUT2D eigenvalue weighted by atomic mass is 35.5. The highest BCUT2D eigenvalue weighted by Crippen LogP contribution is 2.48. The first-order valence-corrected chi connectivity index (χ1v) is 11.9. The van der Waals surface area contributed by atoms with Gasteiger partial charge >= 0.3 is 0 Å². The van der Waals surface area contributed by atoms with E-state index in [4.69, 9.17) is 41.8 Å². The fourth-order valence-electron chi connectivity index (χ4n) is 4.18. The van der Waals surface area contributed by atoms with E-state index in [9.17, 15) is 5.21 Å². The van der Waals surface area contributed by atoms with Crippen molar-refractivity contribution in [3.05, 3.63) is 82.3 Å². The molecule has 0 amide bonds. The summed E-state index contributed by atoms with van der Waals surface area (Å²) in [6.45, 7) is 2.62. The third kappa shape index (κ3) is 4.58. The summed E-state index contributed by atoms with van der Waals surface area (Å²) in [7, 11) is 1.92. The van der Waals surface area contributed by atoms with Crippen LogP contribution in [0.4, 0.5) is 22.7 Å². The van der Waals surface area contributed by atoms with Gasteiger partial charge in [0.05, 0.1) is 16.6 Å². The number of quaternary nitrogens is 1. The van der Waals surface area contributed by atoms with Crippen molar-refractivity contribution in [2.45, 2.75) is 19.6 Å². The fraction of sp³-hybridized carbons (Fsp3) is 0.192. The number of terminal acetylenes is 1. The van der Waals surface area contributed by atoms with E-state index in [1.165, 1.54) is 0 Å². The zero-order valence-corrected chi connectivity index (χ0v) is 21.2. The van der Waals surface area contributed by atoms with E-state index in [-0.39, 0.29) is 10.8 Å². The van der Waals surface area contributed by atoms with Crippen LogP contribution in [0.3, 0.4) is 0 Å². The number of anilines is 3. The third-order valence-electron chi connectivity index (χ3n) is 6.15. The van der Waals surface area contributed by atoms with E-state index in [1.807, 2.05) is 78.4 Å². The lowest BCUT2D eigenvalue weighted by atomic mass is 10.1. The minimum Gasteiger partial charge on any atom is -0.332 e. The lowest BCUT2D eigenvalue weighted by Crippen LogP contribution is -2.55. The Morgan fingerprint density at radius 2 is 1.79 bits per heavy atom. The first-order valence-electron chi connectivity index (χ1n) is 10.7. The number of fused-ring (bicyclic) bond motifs is 1. The number of hydroxylamine groups is 2. The Hall–Kier alpha value is -2.79. The molecule has 0 saturated heterocycles. The normalized spacial score (nSPS) is 18.8. The van der Waals surface area contributed by atoms with Gasteiger partial charge in [-0.1, -0.05) is 59.5 Å². The Balaban J connectivity index is 1.54. The quantitative estimate of drug-likeness (QED) is 0.231. The van der Waals surface area contributed by atoms with Crippen LogP contribution in [0, 0.1) is 12.3 Å². The van der Waals surface area contributed by atoms with Crippen LogP contribution in [0.25, 0.3) is 0 Å². The minimum atomic E-state index is -0.351. The second kappa shape index (κ2) is 9.83. The maximum absolute atomic E-state index is 11.8. The molecular formula is C26H25Cl2N4OS+. The van der Waals surface area contributed by atoms with Gasteiger partial charge in [0.25, 0.3) is 0 Å². The van der Waals surface area contributed by atoms with Gasteiger partial charge in [0.15, 0.2) is 17.0 Å². The monoisotopic (exact) mass is 511 g/mol. The molecule has 174 valence electrons. The molecule has 34 heavy (non-hydrogen) atoms. The topological polar surface area (TPSA) is 38.7 Å². The summed E-state index contributed by atoms with van der Waals surface area (Å²) >= 11 is 18.1. The summed E-state index contributed by atoms with van der Waals surface area (Å²) in [6.07, 6.45) is 5.28. The highest BCUT2D eigenvalue weighted by Gasteiger charge is 2.49. The Morgan fingerprint density at radius 1 is 1.15 bits per heavy atom. The molecule has 2 atom stereocenters. The molecular weight excluding hydrogens is 487 g/mol. The van der Waals surface area contributed by atoms with Crippen LogP contribution in [0.1, 0.15) is 12.5 Å². The molecule has 0 fully saturated rings. The van der Waals surface area contributed by atoms with Gasteiger partial charge in [0.2, 0.25) is 0 Å². The van der Waals surface area contributed by atoms with Gasteiger partial charge < -0.3 is 15.1 Å². The lowest BCUT2D eigenvalue weighted by molar-refractivity contribution is -0.109. The van der Waals surface area contributed by atoms with Crippen molar-refractivity contribution in [3.8, 4) is 12.3 Å². The summed E-state index contributed by atoms with van der Waals surface area (Å²) in [6, 6.07) is 21.2. The van der Waals surface area contributed by atoms with E-state index < -0.39 is 0 Å². The summed E-state index contributed by atoms with van der Waals surface area (Å²) in [5.41, 5.74) is 4.27. The lowest BCUT2D eigenvalue weighted by Gasteiger charge is -2.32. The molecule has 0 radical (unpaired) electrons. The highest BCUT2D eigenvalue weighted by molar-refractivity contribution is 7.80. The van der Waals surface area contributed by atoms with Crippen molar-refractivity contribution in [2.24, 2.45) is 0 Å². The zero-order valence-electron chi connectivity index (χ0n) is 18.9. The van der Waals surface area contributed by atoms with Gasteiger partial charge in [-0.25, -0.2) is 5.21 Å². The molecule has 1 aliphatic heterocycles. The van der Waals surface area contributed by atoms with Crippen LogP contribution in [0.15, 0.2) is 66.7 Å². The molecule has 3 aromatic carbocycles. The smallest absolute Gasteiger partial charge is 0.197 e. The Bertz CT molecular complexity index is 1250. The summed E-state index contributed by atoms with van der Waals surface area (Å²) in [5.74, 6) is 2.67. The van der Waals surface area contributed by atoms with Crippen molar-refractivity contribution >= 4 is 63.3 Å². The van der Waals surface area contributed by atoms with Gasteiger partial charge in [-0.2, -0.15) is 0 Å². The van der Waals surface area contributed by atoms with Crippen molar-refractivity contribution in [3.63, 3.8) is 0 Å². The predicted octanol–water partition coefficient (Wildman–Crippen LogP) is 6.52. The van der Waals surface area contributed by atoms with Gasteiger partial charge in [0, 0.05) is 37.0 Å². The summed E-state index contributed by atoms with van der Waals surface area (Å²) < 4.78 is -0.351. The van der Waals surface area contributed by atoms with Crippen LogP contribution in [-0.4, -0.2) is 30.1 Å². The number of nitrogens with one attached hydrogen (secondary N) is 1. The summed E-state index contributed by atoms with van der Waals surface area (Å²) in [5, 5.41) is 16.4. The molecule has 2 N–H and O–H groups in total. The van der Waals surface area contributed by atoms with Gasteiger partial charge in [0.1, 0.15) is 12.2 Å². The van der Waals surface area contributed by atoms with Crippen LogP contribution in [-0.2, 0) is 6.54 Å². The van der Waals surface area contributed by atoms with E-state index in [1.54, 1.807) is 12.1 Å². The Kier molecular flexibility index (Phi) is 7.04. The first-order chi connectivity index (χ1) is 16.2. The maximum Gasteiger partial charge on any atom is 0.197 e. The molecule has 2 unspecified atom stereocenters. The fourth-order valence-corrected chi connectivity index (χ4v) is 4.72. The molecule has 8 heteroatoms. The van der Waals surface area contributed by atoms with Crippen LogP contribution >= 0.6 is 35.4 Å². The average Bonchev–Trinajstić information content (AvgIpc) is 3.02. The molecule has 1 aliphatic rings. The summed E-state index contributed by atoms with van der Waals surface area (Å²) in [4.78, 5) is 3.88. The standard InChI is InChI=1S/C26H24Cl2N4OS/c1-4-14-31-18(2)32(33,25-16-23(28)22(27)15-24(25)31)17-19-10-12-20(13-11-19)29-26(34)30(3)21-8-6-5-7-9-21/h1,5-13,15-16,18,33H,14,17H2,2-3H3/p+1. The minimum absolute atomic E-state index is 0.314. The number of hydrogen-bond donors (Lipinski definition) is 2. The van der Waals surface area contributed by atoms with Crippen LogP contribution in [0.2, 0.25) is 10.0 Å². The second-order valence-electron chi connectivity index (χ2n) is 8.23. The molecule has 4 rings (SSSR count). The molecule has 0 spiro atoms. The predicted molar refractivity (Wildman–Crippen MR) is 147 cm³/mol. The van der Waals surface area contributed by atoms with Crippen molar-refractivity contribution in [1.29, 1.82) is 0 Å². The molecule has 0 bridgehead atoms. The number of benzene rings is 3. The van der Waals surface area contributed by atoms with E-state index in [0.717, 1.165) is 22.6 Å². The van der Waals surface area contributed by atoms with Crippen LogP contribution in [0.5, 0.6) is 0 Å². The Morgan fingerprint density at radius 3 is 2.44 bits per heavy atom. The SMILES string of the molecule is C#CCN1c2cc(Cl)c(Cl)cc2[N+](O)(Cc2ccc(NC(=S)N(C)c3ccccc3)cc2)C1C. The van der Waals surface area contributed by atoms with Gasteiger partial charge in [-0.15, -0.1) is 11.1 Å². The number of para-hydroxylation sites is 1. The second-order valence-corrected chi connectivity index (χ2v) is 9.43. The van der Waals surface area contributed by atoms with Crippen molar-refractivity contribution < 1.29 is 5.21 Å². The van der Waals surface area contributed by atoms with E-state index in [2.05, 4.69) is 11.2 Å². The number of nitrogens with zero attached hydrogens (tertiary/aromatic N) is 3. The molecule has 3 aromatic rings. The molecule has 5 nitrogen and oxygen atoms in total. The van der Waals surface area contributed by atoms with Crippen molar-refractivity contribution in [1.82, 2.24) is 4.65 Å². The molecule has 0 saturated carbocycles. The first kappa shape index (κ1) is 24.3. The van der Waals surface area contributed by atoms with Gasteiger partial charge in [-0.05, 0) is 42.5 Å². The average molecular weight is 512 g/mol. The number of halogens is 2. The maximum atomic E-state index is 11.8. The Labute approximate surface area is 215 Å².